The third-order valence-corrected chi connectivity index (χ3v) is 13.2. The summed E-state index contributed by atoms with van der Waals surface area (Å²) in [6.45, 7) is 6.68. The third-order valence-electron chi connectivity index (χ3n) is 11.2. The van der Waals surface area contributed by atoms with Gasteiger partial charge in [-0.15, -0.1) is 20.4 Å². The van der Waals surface area contributed by atoms with Gasteiger partial charge >= 0.3 is 0 Å². The molecule has 8 heteroatoms. The second-order valence-electron chi connectivity index (χ2n) is 16.1. The van der Waals surface area contributed by atoms with Crippen LogP contribution in [0.25, 0.3) is 108 Å². The van der Waals surface area contributed by atoms with E-state index in [1.54, 1.807) is 22.7 Å². The first-order valence-electron chi connectivity index (χ1n) is 19.9. The number of nitrogens with zero attached hydrogens (tertiary/aromatic N) is 6. The average Bonchev–Trinajstić information content (AvgIpc) is 4.00. The van der Waals surface area contributed by atoms with Gasteiger partial charge in [0.15, 0.2) is 10.0 Å². The van der Waals surface area contributed by atoms with E-state index >= 15 is 0 Å². The SMILES string of the molecule is CC(C)(C)c1cc(-c2nnc(-c3cccc(-c4cc5ccccc5c5ccccc45)n3)s2)cc(-c2nnc(-c3cccc(-c4cc5ccccc5c5ccccc45)n3)s2)c1. The van der Waals surface area contributed by atoms with Crippen molar-refractivity contribution >= 4 is 65.8 Å². The molecule has 4 aromatic heterocycles. The molecule has 0 aliphatic heterocycles. The molecule has 7 aromatic carbocycles. The van der Waals surface area contributed by atoms with Crippen LogP contribution >= 0.6 is 22.7 Å². The molecule has 11 rings (SSSR count). The molecule has 0 aliphatic carbocycles. The lowest BCUT2D eigenvalue weighted by atomic mass is 9.85. The molecule has 11 aromatic rings. The Morgan fingerprint density at radius 3 is 1.18 bits per heavy atom. The number of fused-ring (bicyclic) bond motifs is 6. The second kappa shape index (κ2) is 14.4. The Bertz CT molecular complexity index is 3230. The van der Waals surface area contributed by atoms with Crippen LogP contribution in [0, 0.1) is 0 Å². The molecule has 286 valence electrons. The number of benzene rings is 7. The molecule has 0 fully saturated rings. The molecule has 0 amide bonds. The summed E-state index contributed by atoms with van der Waals surface area (Å²) in [5, 5.41) is 31.6. The van der Waals surface area contributed by atoms with Crippen molar-refractivity contribution < 1.29 is 0 Å². The van der Waals surface area contributed by atoms with Crippen molar-refractivity contribution in [1.82, 2.24) is 30.4 Å². The molecule has 0 spiro atoms. The van der Waals surface area contributed by atoms with E-state index in [2.05, 4.69) is 183 Å². The monoisotopic (exact) mass is 808 g/mol. The van der Waals surface area contributed by atoms with Gasteiger partial charge in [0.1, 0.15) is 21.4 Å². The highest BCUT2D eigenvalue weighted by Gasteiger charge is 2.21. The minimum Gasteiger partial charge on any atom is -0.245 e. The smallest absolute Gasteiger partial charge is 0.166 e. The van der Waals surface area contributed by atoms with Crippen LogP contribution in [0.4, 0.5) is 0 Å². The van der Waals surface area contributed by atoms with Crippen molar-refractivity contribution in [3.8, 4) is 65.1 Å². The van der Waals surface area contributed by atoms with Gasteiger partial charge in [-0.1, -0.05) is 153 Å². The van der Waals surface area contributed by atoms with E-state index in [9.17, 15) is 0 Å². The third kappa shape index (κ3) is 6.41. The zero-order chi connectivity index (χ0) is 40.4. The minimum atomic E-state index is -0.122. The molecule has 0 saturated carbocycles. The molecule has 4 heterocycles. The van der Waals surface area contributed by atoms with Crippen LogP contribution in [0.5, 0.6) is 0 Å². The highest BCUT2D eigenvalue weighted by atomic mass is 32.1. The molecule has 0 saturated heterocycles. The lowest BCUT2D eigenvalue weighted by Crippen LogP contribution is -2.11. The summed E-state index contributed by atoms with van der Waals surface area (Å²) in [4.78, 5) is 10.3. The number of hydrogen-bond donors (Lipinski definition) is 0. The van der Waals surface area contributed by atoms with Crippen molar-refractivity contribution in [3.63, 3.8) is 0 Å². The zero-order valence-corrected chi connectivity index (χ0v) is 34.7. The highest BCUT2D eigenvalue weighted by molar-refractivity contribution is 7.18. The van der Waals surface area contributed by atoms with Crippen LogP contribution in [0.2, 0.25) is 0 Å². The lowest BCUT2D eigenvalue weighted by molar-refractivity contribution is 0.590. The van der Waals surface area contributed by atoms with E-state index in [-0.39, 0.29) is 5.41 Å². The predicted molar refractivity (Wildman–Crippen MR) is 250 cm³/mol. The van der Waals surface area contributed by atoms with Crippen molar-refractivity contribution in [2.75, 3.05) is 0 Å². The van der Waals surface area contributed by atoms with Crippen LogP contribution in [-0.2, 0) is 5.41 Å². The first-order chi connectivity index (χ1) is 29.3. The van der Waals surface area contributed by atoms with Crippen LogP contribution in [-0.4, -0.2) is 30.4 Å². The highest BCUT2D eigenvalue weighted by Crippen LogP contribution is 2.40. The molecule has 0 atom stereocenters. The topological polar surface area (TPSA) is 77.3 Å². The molecule has 0 aliphatic rings. The van der Waals surface area contributed by atoms with Crippen LogP contribution in [0.3, 0.4) is 0 Å². The summed E-state index contributed by atoms with van der Waals surface area (Å²) < 4.78 is 0. The van der Waals surface area contributed by atoms with E-state index in [1.807, 2.05) is 12.1 Å². The Balaban J connectivity index is 0.940. The number of hydrogen-bond acceptors (Lipinski definition) is 8. The second-order valence-corrected chi connectivity index (χ2v) is 18.0. The van der Waals surface area contributed by atoms with Gasteiger partial charge in [0.25, 0.3) is 0 Å². The Morgan fingerprint density at radius 2 is 0.733 bits per heavy atom. The Kier molecular flexibility index (Phi) is 8.65. The normalized spacial score (nSPS) is 11.9. The maximum absolute atomic E-state index is 5.17. The largest absolute Gasteiger partial charge is 0.245 e. The van der Waals surface area contributed by atoms with E-state index in [0.717, 1.165) is 65.1 Å². The van der Waals surface area contributed by atoms with Crippen LogP contribution in [0.15, 0.2) is 164 Å². The van der Waals surface area contributed by atoms with Crippen molar-refractivity contribution in [2.24, 2.45) is 0 Å². The summed E-state index contributed by atoms with van der Waals surface area (Å²) in [7, 11) is 0. The van der Waals surface area contributed by atoms with Gasteiger partial charge in [0.05, 0.1) is 11.4 Å². The summed E-state index contributed by atoms with van der Waals surface area (Å²) in [5.41, 5.74) is 8.61. The standard InChI is InChI=1S/C52H36N6S2/c1-52(2,3)35-27-33(48-55-57-50(59-48)46-24-12-22-44(53-46)42-29-31-14-4-6-16-36(31)38-18-8-10-20-40(38)42)26-34(28-35)49-56-58-51(60-49)47-25-13-23-45(54-47)43-30-32-15-5-7-17-37(32)39-19-9-11-21-41(39)43/h4-30H,1-3H3. The lowest BCUT2D eigenvalue weighted by Gasteiger charge is -2.20. The van der Waals surface area contributed by atoms with Gasteiger partial charge in [-0.3, -0.25) is 0 Å². The van der Waals surface area contributed by atoms with Crippen molar-refractivity contribution in [1.29, 1.82) is 0 Å². The molecule has 6 nitrogen and oxygen atoms in total. The Hall–Kier alpha value is -7.00. The van der Waals surface area contributed by atoms with Gasteiger partial charge < -0.3 is 0 Å². The molecular weight excluding hydrogens is 773 g/mol. The quantitative estimate of drug-likeness (QED) is 0.156. The predicted octanol–water partition coefficient (Wildman–Crippen LogP) is 14.1. The first-order valence-corrected chi connectivity index (χ1v) is 21.6. The maximum Gasteiger partial charge on any atom is 0.166 e. The number of aromatic nitrogens is 6. The molecule has 0 N–H and O–H groups in total. The van der Waals surface area contributed by atoms with E-state index < -0.39 is 0 Å². The van der Waals surface area contributed by atoms with Gasteiger partial charge in [-0.2, -0.15) is 0 Å². The summed E-state index contributed by atoms with van der Waals surface area (Å²) in [5.74, 6) is 0. The van der Waals surface area contributed by atoms with E-state index in [4.69, 9.17) is 20.2 Å². The van der Waals surface area contributed by atoms with Crippen molar-refractivity contribution in [2.45, 2.75) is 26.2 Å². The van der Waals surface area contributed by atoms with Gasteiger partial charge in [-0.05, 0) is 109 Å². The summed E-state index contributed by atoms with van der Waals surface area (Å²) >= 11 is 3.10. The van der Waals surface area contributed by atoms with Gasteiger partial charge in [0.2, 0.25) is 0 Å². The number of rotatable bonds is 6. The molecule has 0 unspecified atom stereocenters. The fourth-order valence-electron chi connectivity index (χ4n) is 8.13. The Labute approximate surface area is 354 Å². The molecule has 0 radical (unpaired) electrons. The van der Waals surface area contributed by atoms with Crippen molar-refractivity contribution in [3.05, 3.63) is 169 Å². The number of pyridine rings is 2. The molecule has 0 bridgehead atoms. The van der Waals surface area contributed by atoms with Crippen LogP contribution in [0.1, 0.15) is 26.3 Å². The molecule has 60 heavy (non-hydrogen) atoms. The Morgan fingerprint density at radius 1 is 0.350 bits per heavy atom. The molecular formula is C52H36N6S2. The maximum atomic E-state index is 5.17. The van der Waals surface area contributed by atoms with E-state index in [0.29, 0.717) is 0 Å². The minimum absolute atomic E-state index is 0.122. The fraction of sp³-hybridized carbons (Fsp3) is 0.0769. The van der Waals surface area contributed by atoms with Gasteiger partial charge in [0, 0.05) is 22.3 Å². The van der Waals surface area contributed by atoms with E-state index in [1.165, 1.54) is 48.7 Å². The first kappa shape index (κ1) is 36.1. The average molecular weight is 809 g/mol. The van der Waals surface area contributed by atoms with Gasteiger partial charge in [-0.25, -0.2) is 9.97 Å². The fourth-order valence-corrected chi connectivity index (χ4v) is 9.74. The summed E-state index contributed by atoms with van der Waals surface area (Å²) in [6, 6.07) is 57.5. The van der Waals surface area contributed by atoms with Crippen LogP contribution < -0.4 is 0 Å². The summed E-state index contributed by atoms with van der Waals surface area (Å²) in [6.07, 6.45) is 0. The zero-order valence-electron chi connectivity index (χ0n) is 33.1.